The minimum Gasteiger partial charge on any atom is -0.369 e. The topological polar surface area (TPSA) is 35.6 Å². The van der Waals surface area contributed by atoms with Crippen LogP contribution in [-0.2, 0) is 4.79 Å². The van der Waals surface area contributed by atoms with E-state index in [0.717, 1.165) is 57.7 Å². The van der Waals surface area contributed by atoms with Gasteiger partial charge in [0, 0.05) is 43.5 Å². The van der Waals surface area contributed by atoms with Gasteiger partial charge in [-0.1, -0.05) is 19.1 Å². The lowest BCUT2D eigenvalue weighted by molar-refractivity contribution is -0.120. The van der Waals surface area contributed by atoms with Gasteiger partial charge in [-0.05, 0) is 56.5 Å². The van der Waals surface area contributed by atoms with E-state index in [4.69, 9.17) is 0 Å². The summed E-state index contributed by atoms with van der Waals surface area (Å²) in [5.74, 6) is 0.278. The highest BCUT2D eigenvalue weighted by atomic mass is 16.1. The average Bonchev–Trinajstić information content (AvgIpc) is 2.63. The maximum absolute atomic E-state index is 12.4. The Bertz CT molecular complexity index is 603. The second-order valence-electron chi connectivity index (χ2n) is 6.89. The fraction of sp³-hybridized carbons (Fsp3) is 0.550. The third kappa shape index (κ3) is 3.99. The SMILES string of the molecule is CCN1CCN(c2ccc(NC(=O)C3CC=CCC3)cc2C)CC1. The average molecular weight is 327 g/mol. The molecule has 0 spiro atoms. The number of carbonyl (C=O) groups is 1. The van der Waals surface area contributed by atoms with Gasteiger partial charge < -0.3 is 15.1 Å². The first-order valence-corrected chi connectivity index (χ1v) is 9.21. The van der Waals surface area contributed by atoms with Crippen molar-refractivity contribution in [1.82, 2.24) is 4.90 Å². The number of piperazine rings is 1. The smallest absolute Gasteiger partial charge is 0.227 e. The fourth-order valence-corrected chi connectivity index (χ4v) is 3.67. The molecule has 1 heterocycles. The second-order valence-corrected chi connectivity index (χ2v) is 6.89. The molecular weight excluding hydrogens is 298 g/mol. The summed E-state index contributed by atoms with van der Waals surface area (Å²) in [5.41, 5.74) is 3.45. The molecule has 1 aliphatic heterocycles. The molecule has 1 aliphatic carbocycles. The Labute approximate surface area is 145 Å². The molecule has 4 nitrogen and oxygen atoms in total. The molecule has 130 valence electrons. The molecule has 1 fully saturated rings. The molecule has 1 aromatic carbocycles. The molecule has 0 saturated carbocycles. The van der Waals surface area contributed by atoms with E-state index in [1.54, 1.807) is 0 Å². The number of aryl methyl sites for hydroxylation is 1. The van der Waals surface area contributed by atoms with E-state index in [1.165, 1.54) is 11.3 Å². The minimum atomic E-state index is 0.122. The van der Waals surface area contributed by atoms with Crippen LogP contribution in [0.25, 0.3) is 0 Å². The van der Waals surface area contributed by atoms with Gasteiger partial charge in [-0.2, -0.15) is 0 Å². The summed E-state index contributed by atoms with van der Waals surface area (Å²) in [5, 5.41) is 3.10. The van der Waals surface area contributed by atoms with Crippen molar-refractivity contribution >= 4 is 17.3 Å². The maximum Gasteiger partial charge on any atom is 0.227 e. The fourth-order valence-electron chi connectivity index (χ4n) is 3.67. The van der Waals surface area contributed by atoms with Gasteiger partial charge in [0.15, 0.2) is 0 Å². The van der Waals surface area contributed by atoms with Gasteiger partial charge >= 0.3 is 0 Å². The van der Waals surface area contributed by atoms with E-state index in [9.17, 15) is 4.79 Å². The van der Waals surface area contributed by atoms with Crippen LogP contribution in [0.4, 0.5) is 11.4 Å². The van der Waals surface area contributed by atoms with Gasteiger partial charge in [-0.25, -0.2) is 0 Å². The summed E-state index contributed by atoms with van der Waals surface area (Å²) in [7, 11) is 0. The molecule has 24 heavy (non-hydrogen) atoms. The number of hydrogen-bond donors (Lipinski definition) is 1. The Hall–Kier alpha value is -1.81. The van der Waals surface area contributed by atoms with Gasteiger partial charge in [-0.15, -0.1) is 0 Å². The van der Waals surface area contributed by atoms with Crippen molar-refractivity contribution in [3.63, 3.8) is 0 Å². The number of allylic oxidation sites excluding steroid dienone is 2. The first-order chi connectivity index (χ1) is 11.7. The van der Waals surface area contributed by atoms with E-state index in [0.29, 0.717) is 0 Å². The first-order valence-electron chi connectivity index (χ1n) is 9.21. The van der Waals surface area contributed by atoms with E-state index in [1.807, 2.05) is 6.07 Å². The molecule has 0 bridgehead atoms. The van der Waals surface area contributed by atoms with Crippen molar-refractivity contribution in [2.45, 2.75) is 33.1 Å². The standard InChI is InChI=1S/C20H29N3O/c1-3-22-11-13-23(14-12-22)19-10-9-18(15-16(19)2)21-20(24)17-7-5-4-6-8-17/h4-5,9-10,15,17H,3,6-8,11-14H2,1-2H3,(H,21,24). The molecule has 1 saturated heterocycles. The first kappa shape index (κ1) is 17.0. The van der Waals surface area contributed by atoms with Crippen LogP contribution in [0.3, 0.4) is 0 Å². The quantitative estimate of drug-likeness (QED) is 0.861. The number of hydrogen-bond acceptors (Lipinski definition) is 3. The van der Waals surface area contributed by atoms with E-state index >= 15 is 0 Å². The molecule has 4 heteroatoms. The van der Waals surface area contributed by atoms with Gasteiger partial charge in [0.2, 0.25) is 5.91 Å². The number of benzene rings is 1. The number of likely N-dealkylation sites (N-methyl/N-ethyl adjacent to an activating group) is 1. The molecule has 1 aromatic rings. The number of nitrogens with one attached hydrogen (secondary N) is 1. The molecule has 1 unspecified atom stereocenters. The summed E-state index contributed by atoms with van der Waals surface area (Å²) < 4.78 is 0. The Morgan fingerprint density at radius 2 is 2.00 bits per heavy atom. The number of carbonyl (C=O) groups excluding carboxylic acids is 1. The normalized spacial score (nSPS) is 21.8. The lowest BCUT2D eigenvalue weighted by Gasteiger charge is -2.36. The molecule has 1 amide bonds. The highest BCUT2D eigenvalue weighted by molar-refractivity contribution is 5.93. The molecule has 2 aliphatic rings. The highest BCUT2D eigenvalue weighted by Crippen LogP contribution is 2.26. The zero-order chi connectivity index (χ0) is 16.9. The summed E-state index contributed by atoms with van der Waals surface area (Å²) >= 11 is 0. The minimum absolute atomic E-state index is 0.122. The summed E-state index contributed by atoms with van der Waals surface area (Å²) in [6, 6.07) is 6.32. The highest BCUT2D eigenvalue weighted by Gasteiger charge is 2.20. The number of rotatable bonds is 4. The number of nitrogens with zero attached hydrogens (tertiary/aromatic N) is 2. The predicted octanol–water partition coefficient (Wildman–Crippen LogP) is 3.43. The van der Waals surface area contributed by atoms with Crippen LogP contribution >= 0.6 is 0 Å². The van der Waals surface area contributed by atoms with Crippen molar-refractivity contribution in [3.05, 3.63) is 35.9 Å². The summed E-state index contributed by atoms with van der Waals surface area (Å²) in [4.78, 5) is 17.3. The van der Waals surface area contributed by atoms with Gasteiger partial charge in [0.05, 0.1) is 0 Å². The lowest BCUT2D eigenvalue weighted by Crippen LogP contribution is -2.46. The third-order valence-corrected chi connectivity index (χ3v) is 5.26. The van der Waals surface area contributed by atoms with Crippen LogP contribution in [-0.4, -0.2) is 43.5 Å². The number of amides is 1. The molecule has 0 radical (unpaired) electrons. The molecule has 1 N–H and O–H groups in total. The monoisotopic (exact) mass is 327 g/mol. The predicted molar refractivity (Wildman–Crippen MR) is 101 cm³/mol. The van der Waals surface area contributed by atoms with Crippen molar-refractivity contribution in [2.75, 3.05) is 42.9 Å². The van der Waals surface area contributed by atoms with Crippen molar-refractivity contribution in [2.24, 2.45) is 5.92 Å². The summed E-state index contributed by atoms with van der Waals surface area (Å²) in [6.07, 6.45) is 7.13. The van der Waals surface area contributed by atoms with Crippen LogP contribution < -0.4 is 10.2 Å². The van der Waals surface area contributed by atoms with Gasteiger partial charge in [0.1, 0.15) is 0 Å². The Morgan fingerprint density at radius 3 is 2.62 bits per heavy atom. The van der Waals surface area contributed by atoms with E-state index < -0.39 is 0 Å². The lowest BCUT2D eigenvalue weighted by atomic mass is 9.93. The van der Waals surface area contributed by atoms with Gasteiger partial charge in [0.25, 0.3) is 0 Å². The Kier molecular flexibility index (Phi) is 5.56. The summed E-state index contributed by atoms with van der Waals surface area (Å²) in [6.45, 7) is 9.91. The van der Waals surface area contributed by atoms with Crippen LogP contribution in [0.5, 0.6) is 0 Å². The van der Waals surface area contributed by atoms with Crippen molar-refractivity contribution in [1.29, 1.82) is 0 Å². The second kappa shape index (κ2) is 7.84. The van der Waals surface area contributed by atoms with Crippen LogP contribution in [0.2, 0.25) is 0 Å². The van der Waals surface area contributed by atoms with Crippen LogP contribution in [0.1, 0.15) is 31.7 Å². The number of anilines is 2. The zero-order valence-corrected chi connectivity index (χ0v) is 14.9. The van der Waals surface area contributed by atoms with Gasteiger partial charge in [-0.3, -0.25) is 4.79 Å². The largest absolute Gasteiger partial charge is 0.369 e. The molecular formula is C20H29N3O. The zero-order valence-electron chi connectivity index (χ0n) is 14.9. The van der Waals surface area contributed by atoms with Crippen molar-refractivity contribution < 1.29 is 4.79 Å². The Morgan fingerprint density at radius 1 is 1.21 bits per heavy atom. The van der Waals surface area contributed by atoms with Crippen molar-refractivity contribution in [3.8, 4) is 0 Å². The molecule has 0 aromatic heterocycles. The van der Waals surface area contributed by atoms with Crippen LogP contribution in [0.15, 0.2) is 30.4 Å². The van der Waals surface area contributed by atoms with E-state index in [2.05, 4.69) is 53.2 Å². The molecule has 3 rings (SSSR count). The van der Waals surface area contributed by atoms with Crippen LogP contribution in [0, 0.1) is 12.8 Å². The third-order valence-electron chi connectivity index (χ3n) is 5.26. The Balaban J connectivity index is 1.62. The van der Waals surface area contributed by atoms with E-state index in [-0.39, 0.29) is 11.8 Å². The maximum atomic E-state index is 12.4. The molecule has 1 atom stereocenters.